The summed E-state index contributed by atoms with van der Waals surface area (Å²) in [5.74, 6) is 0.186. The standard InChI is InChI=1S/C17H25N3O2/c1-12(2)11-19-17(22)14-7-3-4-8-15(14)20-16(21)10-13-6-5-9-18-13/h3-4,7-8,12-13,18H,5-6,9-11H2,1-2H3,(H,19,22)(H,20,21). The van der Waals surface area contributed by atoms with Gasteiger partial charge < -0.3 is 16.0 Å². The van der Waals surface area contributed by atoms with Gasteiger partial charge in [-0.15, -0.1) is 0 Å². The maximum absolute atomic E-state index is 12.2. The maximum atomic E-state index is 12.2. The van der Waals surface area contributed by atoms with Crippen molar-refractivity contribution < 1.29 is 9.59 Å². The summed E-state index contributed by atoms with van der Waals surface area (Å²) in [6.45, 7) is 5.68. The molecular formula is C17H25N3O2. The molecule has 1 aromatic rings. The van der Waals surface area contributed by atoms with Crippen LogP contribution in [0, 0.1) is 5.92 Å². The van der Waals surface area contributed by atoms with Crippen LogP contribution >= 0.6 is 0 Å². The Morgan fingerprint density at radius 1 is 1.32 bits per heavy atom. The summed E-state index contributed by atoms with van der Waals surface area (Å²) in [6, 6.07) is 7.38. The van der Waals surface area contributed by atoms with Crippen molar-refractivity contribution in [2.75, 3.05) is 18.4 Å². The fourth-order valence-electron chi connectivity index (χ4n) is 2.54. The van der Waals surface area contributed by atoms with Crippen molar-refractivity contribution in [2.45, 2.75) is 39.2 Å². The van der Waals surface area contributed by atoms with Crippen LogP contribution in [0.3, 0.4) is 0 Å². The Morgan fingerprint density at radius 2 is 2.09 bits per heavy atom. The first-order valence-electron chi connectivity index (χ1n) is 7.96. The number of nitrogens with one attached hydrogen (secondary N) is 3. The number of carbonyl (C=O) groups excluding carboxylic acids is 2. The zero-order valence-electron chi connectivity index (χ0n) is 13.3. The molecule has 22 heavy (non-hydrogen) atoms. The second-order valence-corrected chi connectivity index (χ2v) is 6.20. The Hall–Kier alpha value is -1.88. The summed E-state index contributed by atoms with van der Waals surface area (Å²) in [5.41, 5.74) is 1.09. The van der Waals surface area contributed by atoms with Gasteiger partial charge in [-0.2, -0.15) is 0 Å². The molecule has 0 radical (unpaired) electrons. The lowest BCUT2D eigenvalue weighted by Gasteiger charge is -2.14. The predicted octanol–water partition coefficient (Wildman–Crippen LogP) is 2.15. The van der Waals surface area contributed by atoms with Crippen LogP contribution in [0.1, 0.15) is 43.5 Å². The molecule has 0 aliphatic carbocycles. The zero-order valence-corrected chi connectivity index (χ0v) is 13.3. The van der Waals surface area contributed by atoms with Crippen LogP contribution < -0.4 is 16.0 Å². The maximum Gasteiger partial charge on any atom is 0.253 e. The predicted molar refractivity (Wildman–Crippen MR) is 87.9 cm³/mol. The molecule has 5 heteroatoms. The normalized spacial score (nSPS) is 17.5. The summed E-state index contributed by atoms with van der Waals surface area (Å²) in [6.07, 6.45) is 2.60. The average molecular weight is 303 g/mol. The van der Waals surface area contributed by atoms with E-state index in [1.807, 2.05) is 19.9 Å². The third kappa shape index (κ3) is 4.84. The minimum atomic E-state index is -0.149. The van der Waals surface area contributed by atoms with Crippen LogP contribution in [0.5, 0.6) is 0 Å². The number of rotatable bonds is 6. The number of para-hydroxylation sites is 1. The van der Waals surface area contributed by atoms with Gasteiger partial charge in [-0.3, -0.25) is 9.59 Å². The first-order chi connectivity index (χ1) is 10.6. The number of anilines is 1. The van der Waals surface area contributed by atoms with E-state index in [9.17, 15) is 9.59 Å². The van der Waals surface area contributed by atoms with Gasteiger partial charge in [0.15, 0.2) is 0 Å². The van der Waals surface area contributed by atoms with E-state index < -0.39 is 0 Å². The summed E-state index contributed by atoms with van der Waals surface area (Å²) >= 11 is 0. The molecule has 0 bridgehead atoms. The highest BCUT2D eigenvalue weighted by Gasteiger charge is 2.19. The van der Waals surface area contributed by atoms with E-state index in [0.717, 1.165) is 19.4 Å². The minimum Gasteiger partial charge on any atom is -0.352 e. The molecule has 1 heterocycles. The molecule has 2 amide bonds. The van der Waals surface area contributed by atoms with Gasteiger partial charge in [-0.1, -0.05) is 26.0 Å². The Kier molecular flexibility index (Phi) is 5.95. The minimum absolute atomic E-state index is 0.0523. The van der Waals surface area contributed by atoms with Crippen LogP contribution in [0.25, 0.3) is 0 Å². The van der Waals surface area contributed by atoms with E-state index in [-0.39, 0.29) is 17.9 Å². The van der Waals surface area contributed by atoms with E-state index in [2.05, 4.69) is 16.0 Å². The largest absolute Gasteiger partial charge is 0.352 e. The highest BCUT2D eigenvalue weighted by molar-refractivity contribution is 6.03. The quantitative estimate of drug-likeness (QED) is 0.754. The lowest BCUT2D eigenvalue weighted by Crippen LogP contribution is -2.30. The summed E-state index contributed by atoms with van der Waals surface area (Å²) < 4.78 is 0. The molecule has 0 spiro atoms. The lowest BCUT2D eigenvalue weighted by atomic mass is 10.1. The Labute approximate surface area is 131 Å². The molecule has 3 N–H and O–H groups in total. The smallest absolute Gasteiger partial charge is 0.253 e. The number of carbonyl (C=O) groups is 2. The summed E-state index contributed by atoms with van der Waals surface area (Å²) in [4.78, 5) is 24.3. The van der Waals surface area contributed by atoms with Crippen molar-refractivity contribution >= 4 is 17.5 Å². The van der Waals surface area contributed by atoms with Crippen molar-refractivity contribution in [1.29, 1.82) is 0 Å². The van der Waals surface area contributed by atoms with Gasteiger partial charge in [-0.05, 0) is 37.4 Å². The summed E-state index contributed by atoms with van der Waals surface area (Å²) in [7, 11) is 0. The number of hydrogen-bond donors (Lipinski definition) is 3. The molecule has 1 atom stereocenters. The molecule has 1 saturated heterocycles. The SMILES string of the molecule is CC(C)CNC(=O)c1ccccc1NC(=O)CC1CCCN1. The van der Waals surface area contributed by atoms with Crippen LogP contribution in [-0.4, -0.2) is 30.9 Å². The highest BCUT2D eigenvalue weighted by Crippen LogP contribution is 2.17. The van der Waals surface area contributed by atoms with Crippen LogP contribution in [0.2, 0.25) is 0 Å². The van der Waals surface area contributed by atoms with Crippen LogP contribution in [0.15, 0.2) is 24.3 Å². The van der Waals surface area contributed by atoms with E-state index in [0.29, 0.717) is 30.1 Å². The highest BCUT2D eigenvalue weighted by atomic mass is 16.2. The Bertz CT molecular complexity index is 522. The van der Waals surface area contributed by atoms with Crippen molar-refractivity contribution in [3.8, 4) is 0 Å². The first kappa shape index (κ1) is 16.5. The molecule has 0 saturated carbocycles. The van der Waals surface area contributed by atoms with E-state index in [4.69, 9.17) is 0 Å². The van der Waals surface area contributed by atoms with Crippen LogP contribution in [0.4, 0.5) is 5.69 Å². The molecule has 0 aromatic heterocycles. The van der Waals surface area contributed by atoms with Gasteiger partial charge in [0.05, 0.1) is 11.3 Å². The van der Waals surface area contributed by atoms with E-state index >= 15 is 0 Å². The van der Waals surface area contributed by atoms with Gasteiger partial charge in [-0.25, -0.2) is 0 Å². The monoisotopic (exact) mass is 303 g/mol. The Morgan fingerprint density at radius 3 is 2.77 bits per heavy atom. The fourth-order valence-corrected chi connectivity index (χ4v) is 2.54. The number of benzene rings is 1. The lowest BCUT2D eigenvalue weighted by molar-refractivity contribution is -0.116. The second kappa shape index (κ2) is 7.94. The molecule has 1 unspecified atom stereocenters. The molecule has 1 fully saturated rings. The molecule has 1 aliphatic heterocycles. The molecule has 1 aliphatic rings. The van der Waals surface area contributed by atoms with Gasteiger partial charge in [0.2, 0.25) is 5.91 Å². The van der Waals surface area contributed by atoms with Crippen molar-refractivity contribution in [3.05, 3.63) is 29.8 Å². The topological polar surface area (TPSA) is 70.2 Å². The van der Waals surface area contributed by atoms with Crippen LogP contribution in [-0.2, 0) is 4.79 Å². The van der Waals surface area contributed by atoms with Gasteiger partial charge in [0.25, 0.3) is 5.91 Å². The summed E-state index contributed by atoms with van der Waals surface area (Å²) in [5, 5.41) is 9.05. The van der Waals surface area contributed by atoms with Gasteiger partial charge >= 0.3 is 0 Å². The second-order valence-electron chi connectivity index (χ2n) is 6.20. The average Bonchev–Trinajstić information content (AvgIpc) is 2.98. The van der Waals surface area contributed by atoms with E-state index in [1.54, 1.807) is 18.2 Å². The first-order valence-corrected chi connectivity index (χ1v) is 7.96. The van der Waals surface area contributed by atoms with Gasteiger partial charge in [0, 0.05) is 19.0 Å². The van der Waals surface area contributed by atoms with Crippen molar-refractivity contribution in [2.24, 2.45) is 5.92 Å². The van der Waals surface area contributed by atoms with Gasteiger partial charge in [0.1, 0.15) is 0 Å². The molecule has 120 valence electrons. The third-order valence-electron chi connectivity index (χ3n) is 3.71. The third-order valence-corrected chi connectivity index (χ3v) is 3.71. The molecule has 2 rings (SSSR count). The molecular weight excluding hydrogens is 278 g/mol. The van der Waals surface area contributed by atoms with E-state index in [1.165, 1.54) is 0 Å². The zero-order chi connectivity index (χ0) is 15.9. The number of hydrogen-bond acceptors (Lipinski definition) is 3. The number of amides is 2. The Balaban J connectivity index is 1.97. The van der Waals surface area contributed by atoms with Crippen molar-refractivity contribution in [3.63, 3.8) is 0 Å². The molecule has 1 aromatic carbocycles. The molecule has 5 nitrogen and oxygen atoms in total. The fraction of sp³-hybridized carbons (Fsp3) is 0.529. The van der Waals surface area contributed by atoms with Crippen molar-refractivity contribution in [1.82, 2.24) is 10.6 Å².